The Labute approximate surface area is 81.9 Å². The van der Waals surface area contributed by atoms with Gasteiger partial charge in [0.05, 0.1) is 6.10 Å². The third-order valence-corrected chi connectivity index (χ3v) is 1.98. The first kappa shape index (κ1) is 11.1. The lowest BCUT2D eigenvalue weighted by Crippen LogP contribution is -2.19. The van der Waals surface area contributed by atoms with Gasteiger partial charge in [-0.3, -0.25) is 0 Å². The van der Waals surface area contributed by atoms with Crippen LogP contribution in [0.25, 0.3) is 0 Å². The highest BCUT2D eigenvalue weighted by Gasteiger charge is 2.14. The average Bonchev–Trinajstić information content (AvgIpc) is 2.18. The highest BCUT2D eigenvalue weighted by atomic mass is 19.1. The molecule has 2 nitrogen and oxygen atoms in total. The van der Waals surface area contributed by atoms with Gasteiger partial charge in [0.25, 0.3) is 0 Å². The lowest BCUT2D eigenvalue weighted by atomic mass is 10.1. The molecule has 1 N–H and O–H groups in total. The maximum atomic E-state index is 13.3. The molecule has 0 aliphatic carbocycles. The number of rotatable bonds is 4. The maximum absolute atomic E-state index is 13.3. The number of likely N-dealkylation sites (N-methyl/N-ethyl adjacent to an activating group) is 1. The molecular weight excluding hydrogens is 188 g/mol. The summed E-state index contributed by atoms with van der Waals surface area (Å²) in [5.41, 5.74) is 0.238. The SMILES string of the molecule is CNCC(OC)c1cc(F)ccc1F. The van der Waals surface area contributed by atoms with E-state index >= 15 is 0 Å². The molecule has 0 heterocycles. The van der Waals surface area contributed by atoms with Crippen LogP contribution in [0.3, 0.4) is 0 Å². The van der Waals surface area contributed by atoms with Crippen LogP contribution in [0.1, 0.15) is 11.7 Å². The molecule has 1 rings (SSSR count). The summed E-state index contributed by atoms with van der Waals surface area (Å²) in [7, 11) is 3.19. The Hall–Kier alpha value is -1.00. The van der Waals surface area contributed by atoms with Crippen LogP contribution in [0, 0.1) is 11.6 Å². The van der Waals surface area contributed by atoms with Crippen LogP contribution < -0.4 is 5.32 Å². The standard InChI is InChI=1S/C10H13F2NO/c1-13-6-10(14-2)8-5-7(11)3-4-9(8)12/h3-5,10,13H,6H2,1-2H3. The van der Waals surface area contributed by atoms with Crippen LogP contribution in [0.4, 0.5) is 8.78 Å². The quantitative estimate of drug-likeness (QED) is 0.803. The van der Waals surface area contributed by atoms with Crippen molar-refractivity contribution in [3.8, 4) is 0 Å². The third kappa shape index (κ3) is 2.49. The molecule has 0 aromatic heterocycles. The third-order valence-electron chi connectivity index (χ3n) is 1.98. The Morgan fingerprint density at radius 1 is 1.43 bits per heavy atom. The van der Waals surface area contributed by atoms with Crippen LogP contribution in [-0.2, 0) is 4.74 Å². The zero-order valence-electron chi connectivity index (χ0n) is 8.18. The van der Waals surface area contributed by atoms with Gasteiger partial charge in [0, 0.05) is 19.2 Å². The molecule has 0 radical (unpaired) electrons. The first-order chi connectivity index (χ1) is 6.69. The highest BCUT2D eigenvalue weighted by molar-refractivity contribution is 5.21. The number of benzene rings is 1. The summed E-state index contributed by atoms with van der Waals surface area (Å²) in [5, 5.41) is 2.85. The Kier molecular flexibility index (Phi) is 3.98. The van der Waals surface area contributed by atoms with E-state index in [0.717, 1.165) is 18.2 Å². The molecule has 0 aliphatic heterocycles. The van der Waals surface area contributed by atoms with E-state index < -0.39 is 17.7 Å². The first-order valence-electron chi connectivity index (χ1n) is 4.31. The molecule has 0 saturated carbocycles. The van der Waals surface area contributed by atoms with Crippen molar-refractivity contribution in [3.63, 3.8) is 0 Å². The fourth-order valence-electron chi connectivity index (χ4n) is 1.27. The van der Waals surface area contributed by atoms with Crippen molar-refractivity contribution in [2.45, 2.75) is 6.10 Å². The van der Waals surface area contributed by atoms with Gasteiger partial charge >= 0.3 is 0 Å². The fraction of sp³-hybridized carbons (Fsp3) is 0.400. The number of nitrogens with one attached hydrogen (secondary N) is 1. The summed E-state index contributed by atoms with van der Waals surface area (Å²) < 4.78 is 31.1. The van der Waals surface area contributed by atoms with Crippen LogP contribution in [0.5, 0.6) is 0 Å². The predicted molar refractivity (Wildman–Crippen MR) is 50.0 cm³/mol. The van der Waals surface area contributed by atoms with Gasteiger partial charge in [-0.15, -0.1) is 0 Å². The van der Waals surface area contributed by atoms with Gasteiger partial charge < -0.3 is 10.1 Å². The molecule has 1 atom stereocenters. The molecule has 1 aromatic carbocycles. The zero-order chi connectivity index (χ0) is 10.6. The minimum Gasteiger partial charge on any atom is -0.375 e. The smallest absolute Gasteiger partial charge is 0.129 e. The molecule has 1 unspecified atom stereocenters. The van der Waals surface area contributed by atoms with Gasteiger partial charge in [-0.2, -0.15) is 0 Å². The first-order valence-corrected chi connectivity index (χ1v) is 4.31. The molecule has 14 heavy (non-hydrogen) atoms. The van der Waals surface area contributed by atoms with E-state index in [1.165, 1.54) is 7.11 Å². The lowest BCUT2D eigenvalue weighted by molar-refractivity contribution is 0.101. The van der Waals surface area contributed by atoms with Crippen molar-refractivity contribution in [1.82, 2.24) is 5.32 Å². The minimum atomic E-state index is -0.462. The van der Waals surface area contributed by atoms with Crippen molar-refractivity contribution in [2.75, 3.05) is 20.7 Å². The van der Waals surface area contributed by atoms with Gasteiger partial charge in [0.15, 0.2) is 0 Å². The van der Waals surface area contributed by atoms with Gasteiger partial charge in [-0.05, 0) is 25.2 Å². The van der Waals surface area contributed by atoms with Crippen LogP contribution in [0.2, 0.25) is 0 Å². The Morgan fingerprint density at radius 3 is 2.71 bits per heavy atom. The topological polar surface area (TPSA) is 21.3 Å². The Morgan fingerprint density at radius 2 is 2.14 bits per heavy atom. The van der Waals surface area contributed by atoms with Crippen molar-refractivity contribution in [2.24, 2.45) is 0 Å². The summed E-state index contributed by atoms with van der Waals surface area (Å²) in [6.07, 6.45) is -0.462. The lowest BCUT2D eigenvalue weighted by Gasteiger charge is -2.15. The van der Waals surface area contributed by atoms with Crippen LogP contribution >= 0.6 is 0 Å². The van der Waals surface area contributed by atoms with Gasteiger partial charge in [0.1, 0.15) is 11.6 Å². The number of ether oxygens (including phenoxy) is 1. The van der Waals surface area contributed by atoms with E-state index in [1.54, 1.807) is 7.05 Å². The van der Waals surface area contributed by atoms with E-state index in [2.05, 4.69) is 5.32 Å². The summed E-state index contributed by atoms with van der Waals surface area (Å²) in [6.45, 7) is 0.441. The number of hydrogen-bond donors (Lipinski definition) is 1. The number of methoxy groups -OCH3 is 1. The Bertz CT molecular complexity index is 304. The predicted octanol–water partition coefficient (Wildman–Crippen LogP) is 1.87. The number of hydrogen-bond acceptors (Lipinski definition) is 2. The summed E-state index contributed by atoms with van der Waals surface area (Å²) >= 11 is 0. The second-order valence-corrected chi connectivity index (χ2v) is 2.95. The monoisotopic (exact) mass is 201 g/mol. The zero-order valence-corrected chi connectivity index (χ0v) is 8.18. The van der Waals surface area contributed by atoms with Crippen LogP contribution in [0.15, 0.2) is 18.2 Å². The van der Waals surface area contributed by atoms with E-state index in [-0.39, 0.29) is 5.56 Å². The van der Waals surface area contributed by atoms with Gasteiger partial charge in [-0.25, -0.2) is 8.78 Å². The fourth-order valence-corrected chi connectivity index (χ4v) is 1.27. The summed E-state index contributed by atoms with van der Waals surface area (Å²) in [6, 6.07) is 3.35. The van der Waals surface area contributed by atoms with E-state index in [1.807, 2.05) is 0 Å². The van der Waals surface area contributed by atoms with E-state index in [9.17, 15) is 8.78 Å². The molecule has 0 spiro atoms. The van der Waals surface area contributed by atoms with E-state index in [4.69, 9.17) is 4.74 Å². The van der Waals surface area contributed by atoms with Crippen LogP contribution in [-0.4, -0.2) is 20.7 Å². The van der Waals surface area contributed by atoms with Gasteiger partial charge in [0.2, 0.25) is 0 Å². The molecule has 1 aromatic rings. The number of halogens is 2. The molecule has 4 heteroatoms. The average molecular weight is 201 g/mol. The second-order valence-electron chi connectivity index (χ2n) is 2.95. The summed E-state index contributed by atoms with van der Waals surface area (Å²) in [5.74, 6) is -0.909. The molecule has 0 amide bonds. The minimum absolute atomic E-state index is 0.238. The molecule has 0 bridgehead atoms. The molecular formula is C10H13F2NO. The molecule has 0 fully saturated rings. The second kappa shape index (κ2) is 5.02. The maximum Gasteiger partial charge on any atom is 0.129 e. The van der Waals surface area contributed by atoms with Crippen molar-refractivity contribution in [1.29, 1.82) is 0 Å². The Balaban J connectivity index is 2.96. The molecule has 0 saturated heterocycles. The largest absolute Gasteiger partial charge is 0.375 e. The summed E-state index contributed by atoms with van der Waals surface area (Å²) in [4.78, 5) is 0. The molecule has 78 valence electrons. The van der Waals surface area contributed by atoms with Crippen molar-refractivity contribution >= 4 is 0 Å². The van der Waals surface area contributed by atoms with E-state index in [0.29, 0.717) is 6.54 Å². The van der Waals surface area contributed by atoms with Crippen molar-refractivity contribution in [3.05, 3.63) is 35.4 Å². The molecule has 0 aliphatic rings. The highest BCUT2D eigenvalue weighted by Crippen LogP contribution is 2.20. The van der Waals surface area contributed by atoms with Crippen molar-refractivity contribution < 1.29 is 13.5 Å². The normalized spacial score (nSPS) is 12.9. The van der Waals surface area contributed by atoms with Gasteiger partial charge in [-0.1, -0.05) is 0 Å².